The van der Waals surface area contributed by atoms with Gasteiger partial charge in [-0.05, 0) is 112 Å². The van der Waals surface area contributed by atoms with E-state index in [1.165, 1.54) is 51.4 Å². The summed E-state index contributed by atoms with van der Waals surface area (Å²) in [6.07, 6.45) is 17.7. The van der Waals surface area contributed by atoms with Crippen molar-refractivity contribution in [1.82, 2.24) is 0 Å². The van der Waals surface area contributed by atoms with E-state index in [0.29, 0.717) is 36.8 Å². The zero-order valence-electron chi connectivity index (χ0n) is 40.6. The van der Waals surface area contributed by atoms with E-state index in [1.807, 2.05) is 24.3 Å². The van der Waals surface area contributed by atoms with Gasteiger partial charge in [-0.3, -0.25) is 0 Å². The number of carboxylic acids is 2. The van der Waals surface area contributed by atoms with Gasteiger partial charge in [0.05, 0.1) is 0 Å². The van der Waals surface area contributed by atoms with Crippen molar-refractivity contribution < 1.29 is 60.6 Å². The molecule has 4 atom stereocenters. The van der Waals surface area contributed by atoms with Crippen molar-refractivity contribution in [3.8, 4) is 23.0 Å². The van der Waals surface area contributed by atoms with E-state index in [1.54, 1.807) is 0 Å². The fourth-order valence-corrected chi connectivity index (χ4v) is 10.2. The average molecular weight is 1060 g/mol. The van der Waals surface area contributed by atoms with Crippen LogP contribution in [0.5, 0.6) is 23.0 Å². The van der Waals surface area contributed by atoms with Crippen LogP contribution < -0.4 is 9.47 Å². The molecule has 0 saturated carbocycles. The molecule has 0 aromatic heterocycles. The Morgan fingerprint density at radius 1 is 0.619 bits per heavy atom. The smallest absolute Gasteiger partial charge is 0.693 e. The normalized spacial score (nSPS) is 21.0. The van der Waals surface area contributed by atoms with Gasteiger partial charge in [0.15, 0.2) is 0 Å². The van der Waals surface area contributed by atoms with Crippen molar-refractivity contribution in [2.24, 2.45) is 11.8 Å². The van der Waals surface area contributed by atoms with Gasteiger partial charge in [0.25, 0.3) is 0 Å². The molecular formula is C52H82N2O8Pt. The molecule has 0 amide bonds. The summed E-state index contributed by atoms with van der Waals surface area (Å²) in [5, 5.41) is 41.0. The Morgan fingerprint density at radius 2 is 0.952 bits per heavy atom. The second kappa shape index (κ2) is 23.7. The second-order valence-corrected chi connectivity index (χ2v) is 20.0. The van der Waals surface area contributed by atoms with Gasteiger partial charge in [-0.15, -0.1) is 0 Å². The Morgan fingerprint density at radius 3 is 1.25 bits per heavy atom. The number of aromatic hydroxyl groups is 2. The molecule has 0 radical (unpaired) electrons. The quantitative estimate of drug-likeness (QED) is 0.106. The van der Waals surface area contributed by atoms with Crippen LogP contribution in [0.15, 0.2) is 47.6 Å². The Balaban J connectivity index is 0.00000113. The number of phenolic OH excluding ortho intramolecular Hbond substituents is 2. The Labute approximate surface area is 395 Å². The van der Waals surface area contributed by atoms with E-state index in [4.69, 9.17) is 9.47 Å². The molecule has 358 valence electrons. The van der Waals surface area contributed by atoms with Crippen LogP contribution >= 0.6 is 0 Å². The number of nitrogens with two attached hydrogens (primary N) is 2. The molecule has 2 aliphatic heterocycles. The summed E-state index contributed by atoms with van der Waals surface area (Å²) in [5.41, 5.74) is 3.70. The standard InChI is InChI=1S/2C25H36O4.2CH3.2H2N.Pt/c2*1-6-7-8-9-12-24(2,3)17-14-20(26)22-18-13-16(23(27)28)10-11-19(18)25(4,5)29-21(22)15-17;;;;;/h2*10,14-15,18-19,26H,6-9,11-13H2,1-5H3,(H,27,28);2*1H3;2*1H2;/q;;4*-1;+4. The van der Waals surface area contributed by atoms with Crippen molar-refractivity contribution in [3.05, 3.63) is 97.0 Å². The number of carboxylic acid groups (broad SMARTS) is 2. The molecule has 2 aliphatic carbocycles. The van der Waals surface area contributed by atoms with Crippen LogP contribution in [0, 0.1) is 26.7 Å². The summed E-state index contributed by atoms with van der Waals surface area (Å²) in [6, 6.07) is 7.95. The number of fused-ring (bicyclic) bond motifs is 6. The first kappa shape index (κ1) is 59.7. The van der Waals surface area contributed by atoms with Crippen LogP contribution in [0.3, 0.4) is 0 Å². The SMILES string of the molecule is CCCCCCC(C)(C)c1cc(O)c2c(c1)OC(C)(C)C1CC=C(C(=O)O)CC21.CCCCCCC(C)(C)c1cc(O)c2c(c1)OC(C)(C)C1CC=C(C(=O)O)CC21.[CH3-].[CH3-].[NH2-].[NH2-].[Pt+4]. The first-order valence-corrected chi connectivity index (χ1v) is 22.1. The van der Waals surface area contributed by atoms with Crippen molar-refractivity contribution in [2.45, 2.75) is 193 Å². The molecule has 63 heavy (non-hydrogen) atoms. The van der Waals surface area contributed by atoms with Gasteiger partial charge in [-0.2, -0.15) is 0 Å². The number of ether oxygens (including phenoxy) is 2. The van der Waals surface area contributed by atoms with Crippen LogP contribution in [0.4, 0.5) is 0 Å². The van der Waals surface area contributed by atoms with Crippen LogP contribution in [0.1, 0.15) is 193 Å². The third kappa shape index (κ3) is 13.4. The first-order chi connectivity index (χ1) is 27.1. The van der Waals surface area contributed by atoms with Crippen molar-refractivity contribution >= 4 is 11.9 Å². The molecule has 2 aromatic carbocycles. The van der Waals surface area contributed by atoms with Crippen LogP contribution in [-0.2, 0) is 41.5 Å². The summed E-state index contributed by atoms with van der Waals surface area (Å²) in [6.45, 7) is 21.6. The maximum absolute atomic E-state index is 11.6. The molecule has 2 heterocycles. The van der Waals surface area contributed by atoms with Gasteiger partial charge < -0.3 is 57.1 Å². The predicted molar refractivity (Wildman–Crippen MR) is 255 cm³/mol. The van der Waals surface area contributed by atoms with E-state index in [0.717, 1.165) is 46.6 Å². The minimum atomic E-state index is -0.862. The van der Waals surface area contributed by atoms with Crippen LogP contribution in [0.2, 0.25) is 0 Å². The second-order valence-electron chi connectivity index (χ2n) is 20.0. The van der Waals surface area contributed by atoms with Gasteiger partial charge in [0.2, 0.25) is 0 Å². The van der Waals surface area contributed by atoms with E-state index in [-0.39, 0.29) is 94.2 Å². The zero-order chi connectivity index (χ0) is 42.8. The molecule has 0 bridgehead atoms. The van der Waals surface area contributed by atoms with Crippen molar-refractivity contribution in [2.75, 3.05) is 0 Å². The number of hydrogen-bond donors (Lipinski definition) is 4. The van der Waals surface area contributed by atoms with E-state index < -0.39 is 23.1 Å². The third-order valence-electron chi connectivity index (χ3n) is 14.0. The molecule has 8 N–H and O–H groups in total. The van der Waals surface area contributed by atoms with Gasteiger partial charge >= 0.3 is 33.0 Å². The maximum atomic E-state index is 11.6. The first-order valence-electron chi connectivity index (χ1n) is 22.1. The van der Waals surface area contributed by atoms with E-state index >= 15 is 0 Å². The van der Waals surface area contributed by atoms with Gasteiger partial charge in [-0.1, -0.05) is 105 Å². The van der Waals surface area contributed by atoms with E-state index in [9.17, 15) is 30.0 Å². The summed E-state index contributed by atoms with van der Waals surface area (Å²) in [5.74, 6) is 0.441. The molecule has 0 spiro atoms. The number of carbonyl (C=O) groups is 2. The van der Waals surface area contributed by atoms with Crippen LogP contribution in [0.25, 0.3) is 12.3 Å². The number of rotatable bonds is 14. The topological polar surface area (TPSA) is 201 Å². The summed E-state index contributed by atoms with van der Waals surface area (Å²) in [4.78, 5) is 23.1. The Kier molecular flexibility index (Phi) is 22.5. The predicted octanol–water partition coefficient (Wildman–Crippen LogP) is 15.0. The fourth-order valence-electron chi connectivity index (χ4n) is 10.2. The Hall–Kier alpha value is -3.33. The minimum absolute atomic E-state index is 0. The molecular weight excluding hydrogens is 976 g/mol. The van der Waals surface area contributed by atoms with Crippen molar-refractivity contribution in [1.29, 1.82) is 0 Å². The molecule has 4 aliphatic rings. The van der Waals surface area contributed by atoms with Gasteiger partial charge in [-0.25, -0.2) is 9.59 Å². The van der Waals surface area contributed by atoms with Crippen LogP contribution in [-0.4, -0.2) is 43.6 Å². The van der Waals surface area contributed by atoms with Gasteiger partial charge in [0, 0.05) is 45.9 Å². The molecule has 10 nitrogen and oxygen atoms in total. The minimum Gasteiger partial charge on any atom is -0.693 e. The monoisotopic (exact) mass is 1060 g/mol. The number of hydrogen-bond acceptors (Lipinski definition) is 6. The van der Waals surface area contributed by atoms with E-state index in [2.05, 4.69) is 81.4 Å². The Bertz CT molecular complexity index is 1760. The average Bonchev–Trinajstić information content (AvgIpc) is 3.14. The number of phenols is 2. The summed E-state index contributed by atoms with van der Waals surface area (Å²) < 4.78 is 12.8. The summed E-state index contributed by atoms with van der Waals surface area (Å²) >= 11 is 0. The fraction of sp³-hybridized carbons (Fsp3) is 0.615. The zero-order valence-corrected chi connectivity index (χ0v) is 42.8. The number of aliphatic carboxylic acids is 2. The number of benzene rings is 2. The molecule has 2 aromatic rings. The molecule has 0 saturated heterocycles. The number of unbranched alkanes of at least 4 members (excludes halogenated alkanes) is 6. The molecule has 11 heteroatoms. The maximum Gasteiger partial charge on any atom is 4.00 e. The largest absolute Gasteiger partial charge is 4.00 e. The molecule has 6 rings (SSSR count). The van der Waals surface area contributed by atoms with Gasteiger partial charge in [0.1, 0.15) is 34.2 Å². The third-order valence-corrected chi connectivity index (χ3v) is 14.0. The molecule has 4 unspecified atom stereocenters. The number of allylic oxidation sites excluding steroid dienone is 2. The molecule has 0 fully saturated rings. The van der Waals surface area contributed by atoms with Crippen molar-refractivity contribution in [3.63, 3.8) is 0 Å². The summed E-state index contributed by atoms with van der Waals surface area (Å²) in [7, 11) is 0.